The number of amides is 1. The number of hydrogen-bond acceptors (Lipinski definition) is 5. The molecule has 1 N–H and O–H groups in total. The van der Waals surface area contributed by atoms with Crippen molar-refractivity contribution in [2.24, 2.45) is 11.8 Å². The second kappa shape index (κ2) is 11.2. The number of aliphatic carboxylic acids is 1. The summed E-state index contributed by atoms with van der Waals surface area (Å²) in [5.41, 5.74) is 1.58. The van der Waals surface area contributed by atoms with E-state index in [0.717, 1.165) is 31.6 Å². The average molecular weight is 445 g/mol. The van der Waals surface area contributed by atoms with Crippen LogP contribution in [0.4, 0.5) is 0 Å². The molecular weight excluding hydrogens is 416 g/mol. The molecular formula is C23H29ClN4O3. The molecule has 0 aliphatic carbocycles. The second-order valence-electron chi connectivity index (χ2n) is 8.32. The number of piperidine rings is 1. The molecule has 0 saturated carbocycles. The summed E-state index contributed by atoms with van der Waals surface area (Å²) in [5, 5.41) is 11.5. The lowest BCUT2D eigenvalue weighted by atomic mass is 9.81. The molecule has 1 aliphatic rings. The number of quaternary nitrogens is 1. The monoisotopic (exact) mass is 444 g/mol. The average Bonchev–Trinajstić information content (AvgIpc) is 2.77. The Labute approximate surface area is 188 Å². The highest BCUT2D eigenvalue weighted by molar-refractivity contribution is 6.29. The fraction of sp³-hybridized carbons (Fsp3) is 0.478. The van der Waals surface area contributed by atoms with E-state index in [2.05, 4.69) is 17.0 Å². The molecule has 166 valence electrons. The number of rotatable bonds is 9. The summed E-state index contributed by atoms with van der Waals surface area (Å²) >= 11 is 5.93. The molecule has 2 aromatic rings. The standard InChI is InChI=1S/C23H29ClN4O3/c1-27(12-8-20-4-2-3-9-25-20)11-6-19-16-28(13-7-17(19)15-22(29)30)23(31)18-5-10-26-21(24)14-18/h2-5,9-10,14,17,19H,6-8,11-13,15-16H2,1H3,(H,29,30)/t17-,19-/m0/s1. The van der Waals surface area contributed by atoms with Crippen molar-refractivity contribution in [3.63, 3.8) is 0 Å². The van der Waals surface area contributed by atoms with E-state index in [1.807, 2.05) is 23.1 Å². The van der Waals surface area contributed by atoms with Gasteiger partial charge < -0.3 is 19.7 Å². The Morgan fingerprint density at radius 3 is 2.74 bits per heavy atom. The first-order valence-corrected chi connectivity index (χ1v) is 11.1. The van der Waals surface area contributed by atoms with Gasteiger partial charge in [-0.15, -0.1) is 0 Å². The molecule has 3 rings (SSSR count). The van der Waals surface area contributed by atoms with E-state index < -0.39 is 5.97 Å². The van der Waals surface area contributed by atoms with E-state index in [-0.39, 0.29) is 29.3 Å². The Kier molecular flexibility index (Phi) is 8.37. The van der Waals surface area contributed by atoms with Crippen LogP contribution in [-0.4, -0.2) is 60.0 Å². The lowest BCUT2D eigenvalue weighted by Crippen LogP contribution is -3.09. The van der Waals surface area contributed by atoms with E-state index >= 15 is 0 Å². The number of carbonyl (C=O) groups excluding carboxylic acids is 2. The van der Waals surface area contributed by atoms with Gasteiger partial charge in [-0.05, 0) is 48.9 Å². The van der Waals surface area contributed by atoms with Crippen molar-refractivity contribution in [3.05, 3.63) is 59.1 Å². The summed E-state index contributed by atoms with van der Waals surface area (Å²) in [5.74, 6) is -0.958. The maximum absolute atomic E-state index is 12.9. The molecule has 0 radical (unpaired) electrons. The summed E-state index contributed by atoms with van der Waals surface area (Å²) in [6, 6.07) is 9.16. The van der Waals surface area contributed by atoms with Crippen LogP contribution in [0, 0.1) is 11.8 Å². The number of carbonyl (C=O) groups is 2. The summed E-state index contributed by atoms with van der Waals surface area (Å²) in [6.45, 7) is 2.94. The minimum absolute atomic E-state index is 0.0265. The highest BCUT2D eigenvalue weighted by Gasteiger charge is 2.32. The Balaban J connectivity index is 1.58. The molecule has 0 aromatic carbocycles. The van der Waals surface area contributed by atoms with Crippen LogP contribution in [0.3, 0.4) is 0 Å². The third-order valence-electron chi connectivity index (χ3n) is 6.06. The van der Waals surface area contributed by atoms with Crippen molar-refractivity contribution in [1.82, 2.24) is 14.9 Å². The van der Waals surface area contributed by atoms with Gasteiger partial charge in [-0.3, -0.25) is 9.78 Å². The number of likely N-dealkylation sites (N-methyl/N-ethyl adjacent to an activating group) is 1. The first-order valence-electron chi connectivity index (χ1n) is 10.7. The van der Waals surface area contributed by atoms with Crippen LogP contribution in [0.2, 0.25) is 5.15 Å². The fourth-order valence-corrected chi connectivity index (χ4v) is 4.41. The lowest BCUT2D eigenvalue weighted by Gasteiger charge is -2.39. The molecule has 0 spiro atoms. The molecule has 1 saturated heterocycles. The highest BCUT2D eigenvalue weighted by atomic mass is 35.5. The number of aromatic nitrogens is 2. The second-order valence-corrected chi connectivity index (χ2v) is 8.71. The number of nitrogens with zero attached hydrogens (tertiary/aromatic N) is 3. The van der Waals surface area contributed by atoms with Gasteiger partial charge in [0.25, 0.3) is 5.91 Å². The maximum Gasteiger partial charge on any atom is 0.254 e. The summed E-state index contributed by atoms with van der Waals surface area (Å²) in [7, 11) is 2.14. The largest absolute Gasteiger partial charge is 0.550 e. The molecule has 7 nitrogen and oxygen atoms in total. The Morgan fingerprint density at radius 2 is 2.03 bits per heavy atom. The molecule has 3 heterocycles. The zero-order valence-corrected chi connectivity index (χ0v) is 18.6. The lowest BCUT2D eigenvalue weighted by molar-refractivity contribution is -0.880. The maximum atomic E-state index is 12.9. The van der Waals surface area contributed by atoms with Crippen LogP contribution in [0.15, 0.2) is 42.7 Å². The normalized spacial score (nSPS) is 19.7. The minimum atomic E-state index is -1.02. The van der Waals surface area contributed by atoms with Gasteiger partial charge in [0.15, 0.2) is 0 Å². The molecule has 8 heteroatoms. The van der Waals surface area contributed by atoms with Crippen molar-refractivity contribution in [2.75, 3.05) is 33.2 Å². The Bertz CT molecular complexity index is 880. The number of carboxylic acid groups (broad SMARTS) is 1. The van der Waals surface area contributed by atoms with Gasteiger partial charge in [-0.1, -0.05) is 17.7 Å². The molecule has 1 fully saturated rings. The predicted octanol–water partition coefficient (Wildman–Crippen LogP) is 0.496. The van der Waals surface area contributed by atoms with E-state index in [4.69, 9.17) is 11.6 Å². The number of carboxylic acids is 1. The topological polar surface area (TPSA) is 90.7 Å². The van der Waals surface area contributed by atoms with Crippen molar-refractivity contribution >= 4 is 23.5 Å². The molecule has 3 atom stereocenters. The molecule has 0 bridgehead atoms. The van der Waals surface area contributed by atoms with Gasteiger partial charge in [0.1, 0.15) is 5.15 Å². The molecule has 31 heavy (non-hydrogen) atoms. The Hall–Kier alpha value is -2.51. The fourth-order valence-electron chi connectivity index (χ4n) is 4.24. The third kappa shape index (κ3) is 7.01. The van der Waals surface area contributed by atoms with Crippen LogP contribution in [-0.2, 0) is 11.2 Å². The molecule has 1 aliphatic heterocycles. The first kappa shape index (κ1) is 23.2. The minimum Gasteiger partial charge on any atom is -0.550 e. The van der Waals surface area contributed by atoms with Gasteiger partial charge >= 0.3 is 0 Å². The van der Waals surface area contributed by atoms with Crippen LogP contribution >= 0.6 is 11.6 Å². The summed E-state index contributed by atoms with van der Waals surface area (Å²) in [6.07, 6.45) is 5.78. The van der Waals surface area contributed by atoms with Crippen molar-refractivity contribution < 1.29 is 19.6 Å². The number of nitrogens with one attached hydrogen (secondary N) is 1. The van der Waals surface area contributed by atoms with Crippen LogP contribution < -0.4 is 10.0 Å². The summed E-state index contributed by atoms with van der Waals surface area (Å²) < 4.78 is 0. The van der Waals surface area contributed by atoms with E-state index in [9.17, 15) is 14.7 Å². The number of hydrogen-bond donors (Lipinski definition) is 1. The van der Waals surface area contributed by atoms with Gasteiger partial charge in [-0.2, -0.15) is 0 Å². The third-order valence-corrected chi connectivity index (χ3v) is 6.26. The van der Waals surface area contributed by atoms with Gasteiger partial charge in [0, 0.05) is 55.6 Å². The van der Waals surface area contributed by atoms with Crippen molar-refractivity contribution in [3.8, 4) is 0 Å². The van der Waals surface area contributed by atoms with Crippen LogP contribution in [0.5, 0.6) is 0 Å². The van der Waals surface area contributed by atoms with Crippen molar-refractivity contribution in [1.29, 1.82) is 0 Å². The Morgan fingerprint density at radius 1 is 1.19 bits per heavy atom. The van der Waals surface area contributed by atoms with E-state index in [0.29, 0.717) is 25.1 Å². The zero-order chi connectivity index (χ0) is 22.2. The summed E-state index contributed by atoms with van der Waals surface area (Å²) in [4.78, 5) is 35.7. The van der Waals surface area contributed by atoms with E-state index in [1.54, 1.807) is 18.3 Å². The molecule has 2 aromatic heterocycles. The molecule has 1 amide bonds. The van der Waals surface area contributed by atoms with E-state index in [1.165, 1.54) is 11.1 Å². The first-order chi connectivity index (χ1) is 14.9. The number of likely N-dealkylation sites (tertiary alicyclic amines) is 1. The quantitative estimate of drug-likeness (QED) is 0.569. The van der Waals surface area contributed by atoms with Gasteiger partial charge in [-0.25, -0.2) is 4.98 Å². The number of pyridine rings is 2. The van der Waals surface area contributed by atoms with Gasteiger partial charge in [0.2, 0.25) is 0 Å². The highest BCUT2D eigenvalue weighted by Crippen LogP contribution is 2.29. The predicted molar refractivity (Wildman–Crippen MR) is 116 cm³/mol. The van der Waals surface area contributed by atoms with Crippen LogP contribution in [0.1, 0.15) is 35.3 Å². The zero-order valence-electron chi connectivity index (χ0n) is 17.8. The van der Waals surface area contributed by atoms with Crippen LogP contribution in [0.25, 0.3) is 0 Å². The van der Waals surface area contributed by atoms with Gasteiger partial charge in [0.05, 0.1) is 20.1 Å². The molecule has 1 unspecified atom stereocenters. The smallest absolute Gasteiger partial charge is 0.254 e. The van der Waals surface area contributed by atoms with Crippen molar-refractivity contribution in [2.45, 2.75) is 25.7 Å². The number of halogens is 1. The SMILES string of the molecule is C[NH+](CCc1ccccn1)CC[C@H]1CN(C(=O)c2ccnc(Cl)c2)CC[C@H]1CC(=O)[O-].